The van der Waals surface area contributed by atoms with Gasteiger partial charge in [-0.1, -0.05) is 44.2 Å². The summed E-state index contributed by atoms with van der Waals surface area (Å²) in [6.45, 7) is 3.44. The highest BCUT2D eigenvalue weighted by Gasteiger charge is 2.45. The number of amides is 1. The molecular formula is C18H27NO5. The number of carbonyl (C=O) groups is 1. The Morgan fingerprint density at radius 1 is 1.21 bits per heavy atom. The third-order valence-electron chi connectivity index (χ3n) is 4.43. The van der Waals surface area contributed by atoms with Crippen molar-refractivity contribution in [1.29, 1.82) is 0 Å². The summed E-state index contributed by atoms with van der Waals surface area (Å²) >= 11 is 0. The molecule has 0 aromatic heterocycles. The Morgan fingerprint density at radius 2 is 1.88 bits per heavy atom. The Labute approximate surface area is 142 Å². The average molecular weight is 337 g/mol. The molecule has 3 unspecified atom stereocenters. The molecule has 1 aromatic carbocycles. The van der Waals surface area contributed by atoms with Gasteiger partial charge in [0, 0.05) is 6.42 Å². The Morgan fingerprint density at radius 3 is 2.46 bits per heavy atom. The number of nitrogens with one attached hydrogen (secondary N) is 1. The molecule has 24 heavy (non-hydrogen) atoms. The van der Waals surface area contributed by atoms with Crippen LogP contribution < -0.4 is 5.32 Å². The summed E-state index contributed by atoms with van der Waals surface area (Å²) in [5.41, 5.74) is 1.06. The van der Waals surface area contributed by atoms with Crippen LogP contribution in [-0.4, -0.2) is 58.3 Å². The van der Waals surface area contributed by atoms with Crippen molar-refractivity contribution in [2.75, 3.05) is 6.61 Å². The standard InChI is InChI=1S/C18H27NO5/c1-11(2)18-15(17(23)16(22)13(10-20)24-18)19-14(21)9-8-12-6-4-3-5-7-12/h3-7,11,13,15-18,20,22-23H,8-10H2,1-2H3,(H,19,21)/t13?,15?,16-,17?,18+/m1/s1. The van der Waals surface area contributed by atoms with E-state index < -0.39 is 30.5 Å². The van der Waals surface area contributed by atoms with Gasteiger partial charge in [0.1, 0.15) is 18.3 Å². The molecule has 5 atom stereocenters. The van der Waals surface area contributed by atoms with Crippen LogP contribution in [0.1, 0.15) is 25.8 Å². The van der Waals surface area contributed by atoms with Gasteiger partial charge in [0.15, 0.2) is 0 Å². The zero-order valence-electron chi connectivity index (χ0n) is 14.1. The van der Waals surface area contributed by atoms with Gasteiger partial charge in [-0.15, -0.1) is 0 Å². The molecule has 1 fully saturated rings. The number of hydrogen-bond acceptors (Lipinski definition) is 5. The molecule has 6 nitrogen and oxygen atoms in total. The summed E-state index contributed by atoms with van der Waals surface area (Å²) in [6.07, 6.45) is -2.83. The van der Waals surface area contributed by atoms with Crippen LogP contribution in [0, 0.1) is 5.92 Å². The van der Waals surface area contributed by atoms with Crippen molar-refractivity contribution < 1.29 is 24.9 Å². The zero-order valence-corrected chi connectivity index (χ0v) is 14.1. The minimum absolute atomic E-state index is 0.0145. The molecule has 1 heterocycles. The SMILES string of the molecule is CC(C)[C@@H]1OC(CO)[C@@H](O)C(O)C1NC(=O)CCc1ccccc1. The van der Waals surface area contributed by atoms with Crippen molar-refractivity contribution in [1.82, 2.24) is 5.32 Å². The van der Waals surface area contributed by atoms with Gasteiger partial charge in [-0.05, 0) is 17.9 Å². The zero-order chi connectivity index (χ0) is 17.7. The van der Waals surface area contributed by atoms with Crippen molar-refractivity contribution >= 4 is 5.91 Å². The third-order valence-corrected chi connectivity index (χ3v) is 4.43. The van der Waals surface area contributed by atoms with E-state index in [-0.39, 0.29) is 24.9 Å². The number of aliphatic hydroxyl groups excluding tert-OH is 3. The van der Waals surface area contributed by atoms with E-state index in [1.165, 1.54) is 0 Å². The molecule has 4 N–H and O–H groups in total. The molecule has 0 radical (unpaired) electrons. The van der Waals surface area contributed by atoms with Gasteiger partial charge in [0.25, 0.3) is 0 Å². The van der Waals surface area contributed by atoms with Crippen LogP contribution in [-0.2, 0) is 16.0 Å². The second-order valence-corrected chi connectivity index (χ2v) is 6.63. The van der Waals surface area contributed by atoms with Gasteiger partial charge in [0.2, 0.25) is 5.91 Å². The molecule has 0 bridgehead atoms. The molecule has 1 aliphatic rings. The second kappa shape index (κ2) is 8.58. The number of carbonyl (C=O) groups excluding carboxylic acids is 1. The van der Waals surface area contributed by atoms with Gasteiger partial charge >= 0.3 is 0 Å². The van der Waals surface area contributed by atoms with E-state index in [1.807, 2.05) is 44.2 Å². The maximum Gasteiger partial charge on any atom is 0.220 e. The van der Waals surface area contributed by atoms with Gasteiger partial charge in [0.05, 0.1) is 18.8 Å². The fourth-order valence-corrected chi connectivity index (χ4v) is 3.04. The molecule has 1 aromatic rings. The van der Waals surface area contributed by atoms with Crippen LogP contribution in [0.4, 0.5) is 0 Å². The lowest BCUT2D eigenvalue weighted by Gasteiger charge is -2.44. The number of aryl methyl sites for hydroxylation is 1. The summed E-state index contributed by atoms with van der Waals surface area (Å²) in [6, 6.07) is 8.98. The van der Waals surface area contributed by atoms with Gasteiger partial charge < -0.3 is 25.4 Å². The first-order valence-corrected chi connectivity index (χ1v) is 8.39. The number of ether oxygens (including phenoxy) is 1. The smallest absolute Gasteiger partial charge is 0.220 e. The molecule has 6 heteroatoms. The minimum Gasteiger partial charge on any atom is -0.394 e. The number of benzene rings is 1. The van der Waals surface area contributed by atoms with E-state index in [0.29, 0.717) is 6.42 Å². The first-order chi connectivity index (χ1) is 11.4. The molecule has 1 amide bonds. The first-order valence-electron chi connectivity index (χ1n) is 8.39. The van der Waals surface area contributed by atoms with Crippen LogP contribution in [0.25, 0.3) is 0 Å². The van der Waals surface area contributed by atoms with E-state index in [2.05, 4.69) is 5.32 Å². The Hall–Kier alpha value is -1.47. The fraction of sp³-hybridized carbons (Fsp3) is 0.611. The van der Waals surface area contributed by atoms with E-state index >= 15 is 0 Å². The van der Waals surface area contributed by atoms with Crippen molar-refractivity contribution in [3.05, 3.63) is 35.9 Å². The Bertz CT molecular complexity index is 521. The minimum atomic E-state index is -1.23. The van der Waals surface area contributed by atoms with E-state index in [4.69, 9.17) is 4.74 Å². The monoisotopic (exact) mass is 337 g/mol. The van der Waals surface area contributed by atoms with Gasteiger partial charge in [-0.2, -0.15) is 0 Å². The number of rotatable bonds is 6. The van der Waals surface area contributed by atoms with Crippen LogP contribution in [0.5, 0.6) is 0 Å². The average Bonchev–Trinajstić information content (AvgIpc) is 2.58. The van der Waals surface area contributed by atoms with E-state index in [9.17, 15) is 20.1 Å². The van der Waals surface area contributed by atoms with Crippen molar-refractivity contribution in [3.8, 4) is 0 Å². The Kier molecular flexibility index (Phi) is 6.74. The predicted octanol–water partition coefficient (Wildman–Crippen LogP) is 0.241. The molecule has 0 spiro atoms. The molecule has 134 valence electrons. The van der Waals surface area contributed by atoms with Crippen LogP contribution in [0.3, 0.4) is 0 Å². The van der Waals surface area contributed by atoms with Crippen LogP contribution in [0.2, 0.25) is 0 Å². The maximum atomic E-state index is 12.2. The molecule has 1 saturated heterocycles. The molecule has 0 aliphatic carbocycles. The summed E-state index contributed by atoms with van der Waals surface area (Å²) < 4.78 is 5.68. The topological polar surface area (TPSA) is 99.0 Å². The summed E-state index contributed by atoms with van der Waals surface area (Å²) in [5, 5.41) is 32.4. The van der Waals surface area contributed by atoms with Crippen LogP contribution in [0.15, 0.2) is 30.3 Å². The lowest BCUT2D eigenvalue weighted by Crippen LogP contribution is -2.65. The van der Waals surface area contributed by atoms with Crippen molar-refractivity contribution in [3.63, 3.8) is 0 Å². The highest BCUT2D eigenvalue weighted by molar-refractivity contribution is 5.76. The highest BCUT2D eigenvalue weighted by Crippen LogP contribution is 2.26. The second-order valence-electron chi connectivity index (χ2n) is 6.63. The maximum absolute atomic E-state index is 12.2. The molecule has 2 rings (SSSR count). The van der Waals surface area contributed by atoms with Crippen molar-refractivity contribution in [2.24, 2.45) is 5.92 Å². The summed E-state index contributed by atoms with van der Waals surface area (Å²) in [5.74, 6) is -0.188. The van der Waals surface area contributed by atoms with Gasteiger partial charge in [-0.3, -0.25) is 4.79 Å². The normalized spacial score (nSPS) is 30.3. The van der Waals surface area contributed by atoms with E-state index in [1.54, 1.807) is 0 Å². The first kappa shape index (κ1) is 18.9. The lowest BCUT2D eigenvalue weighted by molar-refractivity contribution is -0.204. The molecule has 1 aliphatic heterocycles. The highest BCUT2D eigenvalue weighted by atomic mass is 16.5. The summed E-state index contributed by atoms with van der Waals surface area (Å²) in [4.78, 5) is 12.2. The van der Waals surface area contributed by atoms with Crippen molar-refractivity contribution in [2.45, 2.75) is 57.1 Å². The number of aliphatic hydroxyl groups is 3. The molecular weight excluding hydrogens is 310 g/mol. The largest absolute Gasteiger partial charge is 0.394 e. The quantitative estimate of drug-likeness (QED) is 0.596. The lowest BCUT2D eigenvalue weighted by atomic mass is 9.87. The number of hydrogen-bond donors (Lipinski definition) is 4. The third kappa shape index (κ3) is 4.54. The summed E-state index contributed by atoms with van der Waals surface area (Å²) in [7, 11) is 0. The van der Waals surface area contributed by atoms with Gasteiger partial charge in [-0.25, -0.2) is 0 Å². The van der Waals surface area contributed by atoms with Crippen LogP contribution >= 0.6 is 0 Å². The van der Waals surface area contributed by atoms with E-state index in [0.717, 1.165) is 5.56 Å². The predicted molar refractivity (Wildman–Crippen MR) is 89.3 cm³/mol. The Balaban J connectivity index is 1.98. The molecule has 0 saturated carbocycles. The fourth-order valence-electron chi connectivity index (χ4n) is 3.04.